The topological polar surface area (TPSA) is 69.0 Å². The molecule has 1 N–H and O–H groups in total. The minimum atomic E-state index is -0.112. The number of carbonyl (C=O) groups is 1. The second-order valence-electron chi connectivity index (χ2n) is 5.19. The highest BCUT2D eigenvalue weighted by atomic mass is 16.5. The van der Waals surface area contributed by atoms with Gasteiger partial charge in [0.25, 0.3) is 5.91 Å². The number of hydrogen-bond donors (Lipinski definition) is 1. The van der Waals surface area contributed by atoms with Crippen molar-refractivity contribution in [2.45, 2.75) is 6.54 Å². The first-order valence-corrected chi connectivity index (χ1v) is 7.63. The van der Waals surface area contributed by atoms with Crippen molar-refractivity contribution in [2.24, 2.45) is 0 Å². The zero-order valence-electron chi connectivity index (χ0n) is 13.3. The third kappa shape index (κ3) is 3.78. The van der Waals surface area contributed by atoms with Gasteiger partial charge in [-0.1, -0.05) is 24.3 Å². The first-order chi connectivity index (χ1) is 11.8. The van der Waals surface area contributed by atoms with Crippen LogP contribution in [0.2, 0.25) is 0 Å². The number of methoxy groups -OCH3 is 1. The van der Waals surface area contributed by atoms with Crippen molar-refractivity contribution >= 4 is 5.91 Å². The fourth-order valence-corrected chi connectivity index (χ4v) is 2.35. The second kappa shape index (κ2) is 7.41. The van der Waals surface area contributed by atoms with Gasteiger partial charge in [0, 0.05) is 12.1 Å². The molecule has 6 nitrogen and oxygen atoms in total. The van der Waals surface area contributed by atoms with Gasteiger partial charge in [0.15, 0.2) is 0 Å². The maximum absolute atomic E-state index is 12.1. The minimum Gasteiger partial charge on any atom is -0.497 e. The summed E-state index contributed by atoms with van der Waals surface area (Å²) in [5.74, 6) is 0.695. The predicted molar refractivity (Wildman–Crippen MR) is 90.8 cm³/mol. The van der Waals surface area contributed by atoms with E-state index in [1.165, 1.54) is 4.80 Å². The molecule has 0 aliphatic heterocycles. The largest absolute Gasteiger partial charge is 0.497 e. The molecule has 0 saturated carbocycles. The lowest BCUT2D eigenvalue weighted by molar-refractivity contribution is 0.0951. The highest BCUT2D eigenvalue weighted by molar-refractivity contribution is 5.94. The molecule has 1 amide bonds. The van der Waals surface area contributed by atoms with Crippen LogP contribution < -0.4 is 10.1 Å². The Kier molecular flexibility index (Phi) is 4.86. The van der Waals surface area contributed by atoms with Crippen LogP contribution in [-0.2, 0) is 6.54 Å². The number of benzene rings is 2. The molecule has 0 aliphatic rings. The molecule has 0 aliphatic carbocycles. The van der Waals surface area contributed by atoms with Crippen molar-refractivity contribution in [3.8, 4) is 16.9 Å². The lowest BCUT2D eigenvalue weighted by Gasteiger charge is -2.07. The number of ether oxygens (including phenoxy) is 1. The van der Waals surface area contributed by atoms with Crippen molar-refractivity contribution in [3.05, 3.63) is 66.5 Å². The number of rotatable bonds is 6. The zero-order chi connectivity index (χ0) is 16.8. The Morgan fingerprint density at radius 2 is 1.83 bits per heavy atom. The molecule has 1 aromatic heterocycles. The van der Waals surface area contributed by atoms with Crippen molar-refractivity contribution in [1.29, 1.82) is 0 Å². The monoisotopic (exact) mass is 322 g/mol. The van der Waals surface area contributed by atoms with Crippen LogP contribution in [0.5, 0.6) is 5.75 Å². The lowest BCUT2D eigenvalue weighted by atomic mass is 10.0. The molecule has 6 heteroatoms. The number of aromatic nitrogens is 3. The van der Waals surface area contributed by atoms with Crippen LogP contribution in [-0.4, -0.2) is 34.6 Å². The minimum absolute atomic E-state index is 0.112. The second-order valence-corrected chi connectivity index (χ2v) is 5.19. The smallest absolute Gasteiger partial charge is 0.251 e. The Labute approximate surface area is 140 Å². The van der Waals surface area contributed by atoms with Gasteiger partial charge in [0.2, 0.25) is 0 Å². The molecule has 24 heavy (non-hydrogen) atoms. The summed E-state index contributed by atoms with van der Waals surface area (Å²) in [6, 6.07) is 15.3. The van der Waals surface area contributed by atoms with E-state index in [4.69, 9.17) is 4.74 Å². The van der Waals surface area contributed by atoms with E-state index < -0.39 is 0 Å². The first-order valence-electron chi connectivity index (χ1n) is 7.63. The van der Waals surface area contributed by atoms with Gasteiger partial charge in [-0.2, -0.15) is 15.0 Å². The molecular formula is C18H18N4O2. The quantitative estimate of drug-likeness (QED) is 0.756. The predicted octanol–water partition coefficient (Wildman–Crippen LogP) is 2.38. The lowest BCUT2D eigenvalue weighted by Crippen LogP contribution is -2.27. The maximum atomic E-state index is 12.1. The van der Waals surface area contributed by atoms with E-state index in [1.54, 1.807) is 19.5 Å². The van der Waals surface area contributed by atoms with Gasteiger partial charge in [0.1, 0.15) is 5.75 Å². The van der Waals surface area contributed by atoms with Gasteiger partial charge in [-0.25, -0.2) is 0 Å². The highest BCUT2D eigenvalue weighted by Gasteiger charge is 2.06. The molecule has 0 radical (unpaired) electrons. The summed E-state index contributed by atoms with van der Waals surface area (Å²) >= 11 is 0. The number of amides is 1. The normalized spacial score (nSPS) is 10.4. The van der Waals surface area contributed by atoms with Crippen LogP contribution in [0.15, 0.2) is 60.9 Å². The van der Waals surface area contributed by atoms with Crippen LogP contribution in [0.1, 0.15) is 10.4 Å². The van der Waals surface area contributed by atoms with Gasteiger partial charge in [0.05, 0.1) is 26.0 Å². The van der Waals surface area contributed by atoms with Crippen molar-refractivity contribution in [3.63, 3.8) is 0 Å². The molecule has 0 spiro atoms. The fourth-order valence-electron chi connectivity index (χ4n) is 2.35. The number of hydrogen-bond acceptors (Lipinski definition) is 4. The Hall–Kier alpha value is -3.15. The average molecular weight is 322 g/mol. The molecule has 122 valence electrons. The zero-order valence-corrected chi connectivity index (χ0v) is 13.3. The fraction of sp³-hybridized carbons (Fsp3) is 0.167. The van der Waals surface area contributed by atoms with E-state index >= 15 is 0 Å². The van der Waals surface area contributed by atoms with Crippen LogP contribution in [0, 0.1) is 0 Å². The summed E-state index contributed by atoms with van der Waals surface area (Å²) in [6.45, 7) is 1.02. The highest BCUT2D eigenvalue weighted by Crippen LogP contribution is 2.24. The third-order valence-corrected chi connectivity index (χ3v) is 3.61. The van der Waals surface area contributed by atoms with E-state index in [-0.39, 0.29) is 5.91 Å². The summed E-state index contributed by atoms with van der Waals surface area (Å²) < 4.78 is 5.24. The molecule has 1 heterocycles. The van der Waals surface area contributed by atoms with Gasteiger partial charge in [-0.3, -0.25) is 4.79 Å². The number of nitrogens with one attached hydrogen (secondary N) is 1. The molecular weight excluding hydrogens is 304 g/mol. The number of nitrogens with zero attached hydrogens (tertiary/aromatic N) is 3. The van der Waals surface area contributed by atoms with E-state index in [9.17, 15) is 4.79 Å². The van der Waals surface area contributed by atoms with Crippen LogP contribution >= 0.6 is 0 Å². The van der Waals surface area contributed by atoms with Gasteiger partial charge in [-0.05, 0) is 35.4 Å². The van der Waals surface area contributed by atoms with E-state index in [2.05, 4.69) is 15.5 Å². The van der Waals surface area contributed by atoms with Crippen molar-refractivity contribution in [1.82, 2.24) is 20.3 Å². The Bertz CT molecular complexity index is 798. The van der Waals surface area contributed by atoms with Crippen LogP contribution in [0.4, 0.5) is 0 Å². The SMILES string of the molecule is COc1cccc(-c2ccc(C(=O)NCCn3nccn3)cc2)c1. The van der Waals surface area contributed by atoms with Crippen LogP contribution in [0.3, 0.4) is 0 Å². The Morgan fingerprint density at radius 1 is 1.08 bits per heavy atom. The molecule has 3 aromatic rings. The third-order valence-electron chi connectivity index (χ3n) is 3.61. The molecule has 0 unspecified atom stereocenters. The summed E-state index contributed by atoms with van der Waals surface area (Å²) in [6.07, 6.45) is 3.22. The molecule has 3 rings (SSSR count). The standard InChI is InChI=1S/C18H18N4O2/c1-24-17-4-2-3-16(13-17)14-5-7-15(8-6-14)18(23)19-11-12-22-20-9-10-21-22/h2-10,13H,11-12H2,1H3,(H,19,23). The van der Waals surface area contributed by atoms with E-state index in [0.717, 1.165) is 16.9 Å². The van der Waals surface area contributed by atoms with Gasteiger partial charge >= 0.3 is 0 Å². The summed E-state index contributed by atoms with van der Waals surface area (Å²) in [5.41, 5.74) is 2.70. The van der Waals surface area contributed by atoms with E-state index in [0.29, 0.717) is 18.7 Å². The van der Waals surface area contributed by atoms with Crippen molar-refractivity contribution in [2.75, 3.05) is 13.7 Å². The first kappa shape index (κ1) is 15.7. The van der Waals surface area contributed by atoms with E-state index in [1.807, 2.05) is 48.5 Å². The van der Waals surface area contributed by atoms with Crippen LogP contribution in [0.25, 0.3) is 11.1 Å². The summed E-state index contributed by atoms with van der Waals surface area (Å²) in [4.78, 5) is 13.7. The Balaban J connectivity index is 1.62. The maximum Gasteiger partial charge on any atom is 0.251 e. The Morgan fingerprint density at radius 3 is 2.54 bits per heavy atom. The molecule has 0 bridgehead atoms. The van der Waals surface area contributed by atoms with Gasteiger partial charge < -0.3 is 10.1 Å². The molecule has 0 atom stereocenters. The summed E-state index contributed by atoms with van der Waals surface area (Å²) in [5, 5.41) is 10.8. The summed E-state index contributed by atoms with van der Waals surface area (Å²) in [7, 11) is 1.64. The van der Waals surface area contributed by atoms with Crippen molar-refractivity contribution < 1.29 is 9.53 Å². The van der Waals surface area contributed by atoms with Gasteiger partial charge in [-0.15, -0.1) is 0 Å². The average Bonchev–Trinajstić information content (AvgIpc) is 3.15. The molecule has 0 saturated heterocycles. The molecule has 0 fully saturated rings. The number of carbonyl (C=O) groups excluding carboxylic acids is 1. The molecule has 2 aromatic carbocycles.